The molecule has 4 rings (SSSR count). The van der Waals surface area contributed by atoms with E-state index >= 15 is 0 Å². The molecule has 1 aromatic carbocycles. The average molecular weight is 434 g/mol. The zero-order valence-electron chi connectivity index (χ0n) is 17.1. The number of hydrogen-bond donors (Lipinski definition) is 3. The molecule has 3 N–H and O–H groups in total. The van der Waals surface area contributed by atoms with Gasteiger partial charge in [-0.2, -0.15) is 0 Å². The molecule has 1 atom stereocenters. The van der Waals surface area contributed by atoms with Crippen molar-refractivity contribution in [3.8, 4) is 0 Å². The summed E-state index contributed by atoms with van der Waals surface area (Å²) in [5.74, 6) is 0.0440. The van der Waals surface area contributed by atoms with E-state index in [2.05, 4.69) is 28.9 Å². The molecule has 158 valence electrons. The summed E-state index contributed by atoms with van der Waals surface area (Å²) in [4.78, 5) is 13.1. The maximum Gasteiger partial charge on any atom is 0.251 e. The van der Waals surface area contributed by atoms with Crippen molar-refractivity contribution in [3.05, 3.63) is 57.2 Å². The van der Waals surface area contributed by atoms with E-state index in [0.29, 0.717) is 12.1 Å². The van der Waals surface area contributed by atoms with Gasteiger partial charge in [-0.1, -0.05) is 42.6 Å². The smallest absolute Gasteiger partial charge is 0.251 e. The topological polar surface area (TPSA) is 53.2 Å². The van der Waals surface area contributed by atoms with E-state index in [-0.39, 0.29) is 5.91 Å². The molecule has 2 aliphatic rings. The molecule has 1 saturated carbocycles. The van der Waals surface area contributed by atoms with Crippen LogP contribution in [0.4, 0.5) is 0 Å². The Kier molecular flexibility index (Phi) is 8.99. The van der Waals surface area contributed by atoms with Crippen LogP contribution in [0.2, 0.25) is 4.34 Å². The van der Waals surface area contributed by atoms with Crippen molar-refractivity contribution in [3.63, 3.8) is 0 Å². The predicted octanol–water partition coefficient (Wildman–Crippen LogP) is 5.16. The van der Waals surface area contributed by atoms with Crippen molar-refractivity contribution >= 4 is 28.8 Å². The molecule has 1 amide bonds. The Bertz CT molecular complexity index is 740. The van der Waals surface area contributed by atoms with E-state index < -0.39 is 0 Å². The Labute approximate surface area is 183 Å². The first kappa shape index (κ1) is 22.3. The number of hydrogen-bond acceptors (Lipinski definition) is 4. The van der Waals surface area contributed by atoms with Crippen LogP contribution in [0.5, 0.6) is 0 Å². The van der Waals surface area contributed by atoms with Crippen molar-refractivity contribution in [2.45, 2.75) is 63.6 Å². The van der Waals surface area contributed by atoms with Crippen molar-refractivity contribution in [2.75, 3.05) is 13.1 Å². The van der Waals surface area contributed by atoms with Gasteiger partial charge in [-0.25, -0.2) is 0 Å². The Morgan fingerprint density at radius 3 is 2.34 bits per heavy atom. The van der Waals surface area contributed by atoms with Crippen LogP contribution in [-0.4, -0.2) is 31.1 Å². The second-order valence-electron chi connectivity index (χ2n) is 7.88. The fraction of sp³-hybridized carbons (Fsp3) is 0.522. The van der Waals surface area contributed by atoms with E-state index in [0.717, 1.165) is 41.9 Å². The third kappa shape index (κ3) is 7.41. The normalized spacial score (nSPS) is 18.7. The summed E-state index contributed by atoms with van der Waals surface area (Å²) < 4.78 is 0.889. The van der Waals surface area contributed by atoms with Gasteiger partial charge < -0.3 is 16.0 Å². The fourth-order valence-electron chi connectivity index (χ4n) is 3.91. The molecular weight excluding hydrogens is 402 g/mol. The summed E-state index contributed by atoms with van der Waals surface area (Å²) >= 11 is 7.59. The Balaban J connectivity index is 0.000000166. The van der Waals surface area contributed by atoms with Gasteiger partial charge in [-0.15, -0.1) is 11.3 Å². The Morgan fingerprint density at radius 2 is 1.72 bits per heavy atom. The largest absolute Gasteiger partial charge is 0.349 e. The summed E-state index contributed by atoms with van der Waals surface area (Å²) in [6, 6.07) is 15.0. The summed E-state index contributed by atoms with van der Waals surface area (Å²) in [7, 11) is 0. The van der Waals surface area contributed by atoms with Crippen molar-refractivity contribution < 1.29 is 4.79 Å². The lowest BCUT2D eigenvalue weighted by atomic mass is 10.1. The molecule has 29 heavy (non-hydrogen) atoms. The lowest BCUT2D eigenvalue weighted by Gasteiger charge is -2.23. The number of rotatable bonds is 5. The number of nitrogens with one attached hydrogen (secondary N) is 3. The molecule has 1 aliphatic carbocycles. The van der Waals surface area contributed by atoms with Gasteiger partial charge in [-0.3, -0.25) is 4.79 Å². The Hall–Kier alpha value is -1.40. The molecule has 6 heteroatoms. The molecule has 1 aromatic heterocycles. The van der Waals surface area contributed by atoms with Gasteiger partial charge in [0.2, 0.25) is 0 Å². The first-order chi connectivity index (χ1) is 14.1. The SMILES string of the molecule is CC(NC1CCCC1)c1ccc(Cl)s1.O=C(NC1CCNCC1)c1ccccc1. The minimum Gasteiger partial charge on any atom is -0.349 e. The first-order valence-electron chi connectivity index (χ1n) is 10.7. The van der Waals surface area contributed by atoms with Crippen LogP contribution >= 0.6 is 22.9 Å². The number of carbonyl (C=O) groups excluding carboxylic acids is 1. The quantitative estimate of drug-likeness (QED) is 0.610. The zero-order chi connectivity index (χ0) is 20.5. The molecule has 2 aromatic rings. The minimum atomic E-state index is 0.0440. The third-order valence-corrected chi connectivity index (χ3v) is 6.99. The maximum absolute atomic E-state index is 11.8. The highest BCUT2D eigenvalue weighted by Crippen LogP contribution is 2.28. The molecule has 0 spiro atoms. The molecular formula is C23H32ClN3OS. The molecule has 4 nitrogen and oxygen atoms in total. The number of amides is 1. The van der Waals surface area contributed by atoms with E-state index in [4.69, 9.17) is 11.6 Å². The van der Waals surface area contributed by atoms with Crippen LogP contribution in [0.1, 0.15) is 66.7 Å². The molecule has 0 bridgehead atoms. The van der Waals surface area contributed by atoms with Crippen LogP contribution < -0.4 is 16.0 Å². The molecule has 2 heterocycles. The fourth-order valence-corrected chi connectivity index (χ4v) is 4.99. The lowest BCUT2D eigenvalue weighted by molar-refractivity contribution is 0.0929. The second kappa shape index (κ2) is 11.7. The van der Waals surface area contributed by atoms with Gasteiger partial charge in [0.15, 0.2) is 0 Å². The summed E-state index contributed by atoms with van der Waals surface area (Å²) in [5, 5.41) is 9.99. The standard InChI is InChI=1S/C12H16N2O.C11H16ClNS/c15-12(10-4-2-1-3-5-10)14-11-6-8-13-9-7-11;1-8(10-6-7-11(12)14-10)13-9-4-2-3-5-9/h1-5,11,13H,6-9H2,(H,14,15);6-9,13H,2-5H2,1H3. The van der Waals surface area contributed by atoms with Gasteiger partial charge in [0.1, 0.15) is 0 Å². The lowest BCUT2D eigenvalue weighted by Crippen LogP contribution is -2.42. The molecule has 1 saturated heterocycles. The number of piperidine rings is 1. The monoisotopic (exact) mass is 433 g/mol. The van der Waals surface area contributed by atoms with Crippen LogP contribution in [-0.2, 0) is 0 Å². The Morgan fingerprint density at radius 1 is 1.03 bits per heavy atom. The van der Waals surface area contributed by atoms with Gasteiger partial charge in [0.05, 0.1) is 4.34 Å². The molecule has 1 unspecified atom stereocenters. The second-order valence-corrected chi connectivity index (χ2v) is 9.62. The average Bonchev–Trinajstić information content (AvgIpc) is 3.42. The van der Waals surface area contributed by atoms with Crippen molar-refractivity contribution in [1.82, 2.24) is 16.0 Å². The number of carbonyl (C=O) groups is 1. The number of benzene rings is 1. The van der Waals surface area contributed by atoms with Crippen molar-refractivity contribution in [2.24, 2.45) is 0 Å². The molecule has 2 fully saturated rings. The van der Waals surface area contributed by atoms with Crippen LogP contribution in [0.3, 0.4) is 0 Å². The highest BCUT2D eigenvalue weighted by molar-refractivity contribution is 7.16. The van der Waals surface area contributed by atoms with Gasteiger partial charge in [-0.05, 0) is 70.0 Å². The van der Waals surface area contributed by atoms with Crippen LogP contribution in [0.25, 0.3) is 0 Å². The maximum atomic E-state index is 11.8. The molecule has 1 aliphatic heterocycles. The number of thiophene rings is 1. The summed E-state index contributed by atoms with van der Waals surface area (Å²) in [6.45, 7) is 4.22. The molecule has 0 radical (unpaired) electrons. The van der Waals surface area contributed by atoms with Crippen LogP contribution in [0, 0.1) is 0 Å². The third-order valence-electron chi connectivity index (χ3n) is 5.57. The van der Waals surface area contributed by atoms with Crippen molar-refractivity contribution in [1.29, 1.82) is 0 Å². The van der Waals surface area contributed by atoms with E-state index in [1.807, 2.05) is 36.4 Å². The van der Waals surface area contributed by atoms with E-state index in [9.17, 15) is 4.79 Å². The summed E-state index contributed by atoms with van der Waals surface area (Å²) in [6.07, 6.45) is 7.50. The minimum absolute atomic E-state index is 0.0440. The zero-order valence-corrected chi connectivity index (χ0v) is 18.7. The summed E-state index contributed by atoms with van der Waals surface area (Å²) in [5.41, 5.74) is 0.746. The van der Waals surface area contributed by atoms with Gasteiger partial charge in [0, 0.05) is 28.6 Å². The van der Waals surface area contributed by atoms with E-state index in [1.54, 1.807) is 11.3 Å². The first-order valence-corrected chi connectivity index (χ1v) is 11.9. The van der Waals surface area contributed by atoms with Crippen LogP contribution in [0.15, 0.2) is 42.5 Å². The van der Waals surface area contributed by atoms with Gasteiger partial charge >= 0.3 is 0 Å². The number of halogens is 1. The highest BCUT2D eigenvalue weighted by atomic mass is 35.5. The van der Waals surface area contributed by atoms with E-state index in [1.165, 1.54) is 30.6 Å². The van der Waals surface area contributed by atoms with Gasteiger partial charge in [0.25, 0.3) is 5.91 Å². The predicted molar refractivity (Wildman–Crippen MR) is 123 cm³/mol. The highest BCUT2D eigenvalue weighted by Gasteiger charge is 2.18.